The standard InChI is InChI=1S/C27H31ClN4O3/c1-5-25-24(14-19-6-8-21(28)9-7-19)26(30-18(2)29-25)31-10-12-32(13-11-31)27(33)20-15-22(34-3)17-23(16-20)35-4/h6-9,15-17H,5,10-14H2,1-4H3. The zero-order valence-electron chi connectivity index (χ0n) is 20.7. The Morgan fingerprint density at radius 1 is 0.971 bits per heavy atom. The largest absolute Gasteiger partial charge is 0.497 e. The van der Waals surface area contributed by atoms with Crippen LogP contribution in [-0.2, 0) is 12.8 Å². The molecule has 3 aromatic rings. The van der Waals surface area contributed by atoms with E-state index in [-0.39, 0.29) is 5.91 Å². The molecule has 184 valence electrons. The summed E-state index contributed by atoms with van der Waals surface area (Å²) in [5, 5.41) is 0.722. The van der Waals surface area contributed by atoms with Crippen LogP contribution >= 0.6 is 11.6 Å². The predicted molar refractivity (Wildman–Crippen MR) is 138 cm³/mol. The molecule has 0 atom stereocenters. The van der Waals surface area contributed by atoms with Crippen molar-refractivity contribution in [2.75, 3.05) is 45.3 Å². The highest BCUT2D eigenvalue weighted by atomic mass is 35.5. The summed E-state index contributed by atoms with van der Waals surface area (Å²) in [6.07, 6.45) is 1.56. The normalized spacial score (nSPS) is 13.6. The van der Waals surface area contributed by atoms with E-state index in [1.165, 1.54) is 5.56 Å². The number of methoxy groups -OCH3 is 2. The number of carbonyl (C=O) groups excluding carboxylic acids is 1. The van der Waals surface area contributed by atoms with Gasteiger partial charge in [-0.1, -0.05) is 30.7 Å². The van der Waals surface area contributed by atoms with Crippen LogP contribution in [0.25, 0.3) is 0 Å². The first-order chi connectivity index (χ1) is 16.9. The Labute approximate surface area is 211 Å². The van der Waals surface area contributed by atoms with E-state index in [9.17, 15) is 4.79 Å². The average Bonchev–Trinajstić information content (AvgIpc) is 2.89. The highest BCUT2D eigenvalue weighted by Crippen LogP contribution is 2.28. The molecule has 1 aliphatic heterocycles. The fourth-order valence-corrected chi connectivity index (χ4v) is 4.54. The Bertz CT molecular complexity index is 1170. The molecule has 0 aliphatic carbocycles. The van der Waals surface area contributed by atoms with Crippen LogP contribution in [0, 0.1) is 6.92 Å². The van der Waals surface area contributed by atoms with Gasteiger partial charge in [-0.2, -0.15) is 0 Å². The Kier molecular flexibility index (Phi) is 7.76. The average molecular weight is 495 g/mol. The number of benzene rings is 2. The van der Waals surface area contributed by atoms with Gasteiger partial charge in [0.25, 0.3) is 5.91 Å². The molecule has 8 heteroatoms. The van der Waals surface area contributed by atoms with Gasteiger partial charge in [0, 0.05) is 60.5 Å². The molecule has 1 amide bonds. The Balaban J connectivity index is 1.54. The van der Waals surface area contributed by atoms with E-state index in [1.54, 1.807) is 32.4 Å². The van der Waals surface area contributed by atoms with Crippen molar-refractivity contribution in [3.05, 3.63) is 75.7 Å². The Hall–Kier alpha value is -3.32. The maximum Gasteiger partial charge on any atom is 0.254 e. The van der Waals surface area contributed by atoms with Crippen LogP contribution in [0.4, 0.5) is 5.82 Å². The van der Waals surface area contributed by atoms with Crippen molar-refractivity contribution in [3.63, 3.8) is 0 Å². The van der Waals surface area contributed by atoms with Crippen molar-refractivity contribution >= 4 is 23.3 Å². The van der Waals surface area contributed by atoms with Crippen molar-refractivity contribution in [1.29, 1.82) is 0 Å². The number of carbonyl (C=O) groups is 1. The van der Waals surface area contributed by atoms with Gasteiger partial charge >= 0.3 is 0 Å². The van der Waals surface area contributed by atoms with E-state index in [0.29, 0.717) is 43.2 Å². The van der Waals surface area contributed by atoms with E-state index in [0.717, 1.165) is 40.8 Å². The minimum absolute atomic E-state index is 0.0312. The fourth-order valence-electron chi connectivity index (χ4n) is 4.41. The van der Waals surface area contributed by atoms with E-state index >= 15 is 0 Å². The van der Waals surface area contributed by atoms with Crippen LogP contribution in [0.2, 0.25) is 5.02 Å². The van der Waals surface area contributed by atoms with Gasteiger partial charge in [-0.05, 0) is 43.2 Å². The predicted octanol–water partition coefficient (Wildman–Crippen LogP) is 4.57. The second-order valence-electron chi connectivity index (χ2n) is 8.56. The number of ether oxygens (including phenoxy) is 2. The lowest BCUT2D eigenvalue weighted by atomic mass is 10.0. The maximum atomic E-state index is 13.2. The minimum Gasteiger partial charge on any atom is -0.497 e. The van der Waals surface area contributed by atoms with Crippen molar-refractivity contribution in [1.82, 2.24) is 14.9 Å². The number of anilines is 1. The molecular weight excluding hydrogens is 464 g/mol. The molecule has 0 saturated carbocycles. The molecule has 7 nitrogen and oxygen atoms in total. The maximum absolute atomic E-state index is 13.2. The summed E-state index contributed by atoms with van der Waals surface area (Å²) >= 11 is 6.09. The van der Waals surface area contributed by atoms with Crippen LogP contribution < -0.4 is 14.4 Å². The molecule has 2 heterocycles. The molecule has 1 fully saturated rings. The number of nitrogens with zero attached hydrogens (tertiary/aromatic N) is 4. The molecule has 0 bridgehead atoms. The fraction of sp³-hybridized carbons (Fsp3) is 0.370. The molecular formula is C27H31ClN4O3. The van der Waals surface area contributed by atoms with Gasteiger partial charge in [0.05, 0.1) is 14.2 Å². The van der Waals surface area contributed by atoms with Crippen molar-refractivity contribution in [2.24, 2.45) is 0 Å². The van der Waals surface area contributed by atoms with E-state index in [2.05, 4.69) is 11.8 Å². The number of amides is 1. The van der Waals surface area contributed by atoms with Gasteiger partial charge in [0.15, 0.2) is 0 Å². The van der Waals surface area contributed by atoms with Crippen LogP contribution in [0.5, 0.6) is 11.5 Å². The SMILES string of the molecule is CCc1nc(C)nc(N2CCN(C(=O)c3cc(OC)cc(OC)c3)CC2)c1Cc1ccc(Cl)cc1. The highest BCUT2D eigenvalue weighted by molar-refractivity contribution is 6.30. The summed E-state index contributed by atoms with van der Waals surface area (Å²) in [5.41, 5.74) is 3.92. The summed E-state index contributed by atoms with van der Waals surface area (Å²) < 4.78 is 10.7. The first kappa shape index (κ1) is 24.8. The van der Waals surface area contributed by atoms with Crippen molar-refractivity contribution in [2.45, 2.75) is 26.7 Å². The molecule has 0 radical (unpaired) electrons. The molecule has 35 heavy (non-hydrogen) atoms. The van der Waals surface area contributed by atoms with Gasteiger partial charge in [-0.3, -0.25) is 4.79 Å². The lowest BCUT2D eigenvalue weighted by molar-refractivity contribution is 0.0745. The summed E-state index contributed by atoms with van der Waals surface area (Å²) in [6.45, 7) is 6.65. The van der Waals surface area contributed by atoms with Crippen LogP contribution in [0.1, 0.15) is 39.9 Å². The van der Waals surface area contributed by atoms with Crippen LogP contribution in [-0.4, -0.2) is 61.2 Å². The minimum atomic E-state index is -0.0312. The number of hydrogen-bond donors (Lipinski definition) is 0. The lowest BCUT2D eigenvalue weighted by Gasteiger charge is -2.36. The van der Waals surface area contributed by atoms with Gasteiger partial charge < -0.3 is 19.3 Å². The first-order valence-electron chi connectivity index (χ1n) is 11.8. The van der Waals surface area contributed by atoms with Gasteiger partial charge in [0.1, 0.15) is 23.1 Å². The smallest absolute Gasteiger partial charge is 0.254 e. The van der Waals surface area contributed by atoms with Crippen molar-refractivity contribution < 1.29 is 14.3 Å². The number of aromatic nitrogens is 2. The topological polar surface area (TPSA) is 67.8 Å². The summed E-state index contributed by atoms with van der Waals surface area (Å²) in [6, 6.07) is 13.2. The van der Waals surface area contributed by atoms with Gasteiger partial charge in [-0.25, -0.2) is 9.97 Å². The third-order valence-electron chi connectivity index (χ3n) is 6.28. The third-order valence-corrected chi connectivity index (χ3v) is 6.53. The highest BCUT2D eigenvalue weighted by Gasteiger charge is 2.26. The number of piperazine rings is 1. The lowest BCUT2D eigenvalue weighted by Crippen LogP contribution is -2.49. The second-order valence-corrected chi connectivity index (χ2v) is 8.99. The first-order valence-corrected chi connectivity index (χ1v) is 12.2. The number of rotatable bonds is 7. The third kappa shape index (κ3) is 5.68. The number of hydrogen-bond acceptors (Lipinski definition) is 6. The van der Waals surface area contributed by atoms with Crippen molar-refractivity contribution in [3.8, 4) is 11.5 Å². The molecule has 1 aliphatic rings. The molecule has 0 spiro atoms. The second kappa shape index (κ2) is 11.0. The van der Waals surface area contributed by atoms with Crippen LogP contribution in [0.3, 0.4) is 0 Å². The Morgan fingerprint density at radius 3 is 2.17 bits per heavy atom. The number of halogens is 1. The van der Waals surface area contributed by atoms with E-state index in [1.807, 2.05) is 36.1 Å². The number of aryl methyl sites for hydroxylation is 2. The zero-order valence-corrected chi connectivity index (χ0v) is 21.4. The molecule has 1 aromatic heterocycles. The van der Waals surface area contributed by atoms with Gasteiger partial charge in [-0.15, -0.1) is 0 Å². The van der Waals surface area contributed by atoms with Gasteiger partial charge in [0.2, 0.25) is 0 Å². The zero-order chi connectivity index (χ0) is 24.9. The Morgan fingerprint density at radius 2 is 1.60 bits per heavy atom. The summed E-state index contributed by atoms with van der Waals surface area (Å²) in [7, 11) is 3.16. The molecule has 0 N–H and O–H groups in total. The van der Waals surface area contributed by atoms with Crippen LogP contribution in [0.15, 0.2) is 42.5 Å². The van der Waals surface area contributed by atoms with E-state index < -0.39 is 0 Å². The quantitative estimate of drug-likeness (QED) is 0.479. The molecule has 4 rings (SSSR count). The summed E-state index contributed by atoms with van der Waals surface area (Å²) in [5.74, 6) is 2.89. The molecule has 1 saturated heterocycles. The molecule has 0 unspecified atom stereocenters. The summed E-state index contributed by atoms with van der Waals surface area (Å²) in [4.78, 5) is 26.9. The monoisotopic (exact) mass is 494 g/mol. The molecule has 2 aromatic carbocycles. The van der Waals surface area contributed by atoms with E-state index in [4.69, 9.17) is 31.0 Å².